The molecule has 0 heteroatoms. The minimum Gasteiger partial charge on any atom is -0.0984 e. The van der Waals surface area contributed by atoms with E-state index in [-0.39, 0.29) is 5.41 Å². The van der Waals surface area contributed by atoms with Gasteiger partial charge >= 0.3 is 0 Å². The van der Waals surface area contributed by atoms with E-state index in [0.717, 1.165) is 0 Å². The molecule has 2 aromatic carbocycles. The molecule has 0 saturated carbocycles. The van der Waals surface area contributed by atoms with Crippen molar-refractivity contribution in [3.05, 3.63) is 89.5 Å². The Hall–Kier alpha value is -2.34. The fourth-order valence-corrected chi connectivity index (χ4v) is 3.53. The van der Waals surface area contributed by atoms with Crippen LogP contribution >= 0.6 is 0 Å². The second-order valence-electron chi connectivity index (χ2n) is 6.78. The van der Waals surface area contributed by atoms with Crippen molar-refractivity contribution in [1.82, 2.24) is 0 Å². The van der Waals surface area contributed by atoms with Crippen molar-refractivity contribution in [3.63, 3.8) is 0 Å². The summed E-state index contributed by atoms with van der Waals surface area (Å²) in [5.74, 6) is 0. The average Bonchev–Trinajstić information content (AvgIpc) is 2.76. The number of hydrogen-bond donors (Lipinski definition) is 0. The highest BCUT2D eigenvalue weighted by molar-refractivity contribution is 5.88. The topological polar surface area (TPSA) is 0 Å². The number of allylic oxidation sites excluding steroid dienone is 5. The lowest BCUT2D eigenvalue weighted by Gasteiger charge is -2.23. The van der Waals surface area contributed by atoms with Gasteiger partial charge in [-0.3, -0.25) is 0 Å². The monoisotopic (exact) mass is 300 g/mol. The van der Waals surface area contributed by atoms with E-state index in [1.54, 1.807) is 0 Å². The molecular weight excluding hydrogens is 276 g/mol. The van der Waals surface area contributed by atoms with Crippen LogP contribution in [0, 0.1) is 6.92 Å². The zero-order chi connectivity index (χ0) is 16.6. The van der Waals surface area contributed by atoms with E-state index in [1.165, 1.54) is 39.0 Å². The Morgan fingerprint density at radius 1 is 0.957 bits per heavy atom. The molecule has 0 saturated heterocycles. The molecule has 2 aromatic rings. The molecule has 1 aliphatic carbocycles. The molecule has 0 bridgehead atoms. The highest BCUT2D eigenvalue weighted by atomic mass is 14.4. The van der Waals surface area contributed by atoms with Crippen molar-refractivity contribution in [3.8, 4) is 11.1 Å². The standard InChI is InChI=1S/C23H24/c1-6-8-21-19(7-2)20-14-13-18(15-22(20)23(21,4)5)17-11-9-16(3)10-12-17/h6-15H,2H2,1,3-5H3/b8-6-. The Balaban J connectivity index is 2.16. The fraction of sp³-hybridized carbons (Fsp3) is 0.217. The molecule has 0 heterocycles. The summed E-state index contributed by atoms with van der Waals surface area (Å²) >= 11 is 0. The first-order valence-corrected chi connectivity index (χ1v) is 8.21. The molecule has 0 radical (unpaired) electrons. The molecule has 1 aliphatic rings. The SMILES string of the molecule is C=CC1=C(/C=C\C)C(C)(C)c2cc(-c3ccc(C)cc3)ccc21. The molecule has 116 valence electrons. The van der Waals surface area contributed by atoms with E-state index in [0.29, 0.717) is 0 Å². The van der Waals surface area contributed by atoms with Crippen LogP contribution in [0.15, 0.2) is 72.8 Å². The second-order valence-corrected chi connectivity index (χ2v) is 6.78. The van der Waals surface area contributed by atoms with Crippen LogP contribution in [-0.4, -0.2) is 0 Å². The minimum absolute atomic E-state index is 0.00603. The van der Waals surface area contributed by atoms with Crippen molar-refractivity contribution >= 4 is 5.57 Å². The van der Waals surface area contributed by atoms with E-state index in [4.69, 9.17) is 0 Å². The van der Waals surface area contributed by atoms with Gasteiger partial charge in [0.05, 0.1) is 0 Å². The van der Waals surface area contributed by atoms with Gasteiger partial charge in [0.1, 0.15) is 0 Å². The zero-order valence-corrected chi connectivity index (χ0v) is 14.5. The third kappa shape index (κ3) is 2.49. The van der Waals surface area contributed by atoms with E-state index in [1.807, 2.05) is 6.08 Å². The molecule has 0 unspecified atom stereocenters. The predicted octanol–water partition coefficient (Wildman–Crippen LogP) is 6.47. The summed E-state index contributed by atoms with van der Waals surface area (Å²) in [5.41, 5.74) is 9.17. The molecule has 0 fully saturated rings. The van der Waals surface area contributed by atoms with Gasteiger partial charge < -0.3 is 0 Å². The van der Waals surface area contributed by atoms with E-state index in [2.05, 4.69) is 88.9 Å². The molecule has 0 atom stereocenters. The van der Waals surface area contributed by atoms with Crippen LogP contribution in [0.5, 0.6) is 0 Å². The highest BCUT2D eigenvalue weighted by Crippen LogP contribution is 2.48. The maximum atomic E-state index is 4.04. The number of hydrogen-bond acceptors (Lipinski definition) is 0. The lowest BCUT2D eigenvalue weighted by molar-refractivity contribution is 0.654. The Labute approximate surface area is 139 Å². The average molecular weight is 300 g/mol. The summed E-state index contributed by atoms with van der Waals surface area (Å²) in [4.78, 5) is 0. The second kappa shape index (κ2) is 5.70. The van der Waals surface area contributed by atoms with Gasteiger partial charge in [-0.1, -0.05) is 80.6 Å². The van der Waals surface area contributed by atoms with E-state index < -0.39 is 0 Å². The van der Waals surface area contributed by atoms with Crippen molar-refractivity contribution in [2.75, 3.05) is 0 Å². The van der Waals surface area contributed by atoms with Crippen LogP contribution in [0.3, 0.4) is 0 Å². The quantitative estimate of drug-likeness (QED) is 0.609. The molecule has 0 nitrogen and oxygen atoms in total. The van der Waals surface area contributed by atoms with Crippen LogP contribution in [0.2, 0.25) is 0 Å². The third-order valence-electron chi connectivity index (χ3n) is 4.87. The number of aryl methyl sites for hydroxylation is 1. The predicted molar refractivity (Wildman–Crippen MR) is 102 cm³/mol. The zero-order valence-electron chi connectivity index (χ0n) is 14.5. The summed E-state index contributed by atoms with van der Waals surface area (Å²) in [6, 6.07) is 15.6. The number of fused-ring (bicyclic) bond motifs is 1. The Kier molecular flexibility index (Phi) is 3.85. The third-order valence-corrected chi connectivity index (χ3v) is 4.87. The number of benzene rings is 2. The first kappa shape index (κ1) is 15.6. The molecule has 0 aliphatic heterocycles. The highest BCUT2D eigenvalue weighted by Gasteiger charge is 2.35. The number of rotatable bonds is 3. The van der Waals surface area contributed by atoms with E-state index >= 15 is 0 Å². The van der Waals surface area contributed by atoms with Crippen LogP contribution in [0.1, 0.15) is 37.5 Å². The van der Waals surface area contributed by atoms with Gasteiger partial charge in [-0.25, -0.2) is 0 Å². The van der Waals surface area contributed by atoms with Gasteiger partial charge in [-0.05, 0) is 53.3 Å². The van der Waals surface area contributed by atoms with E-state index in [9.17, 15) is 0 Å². The first-order chi connectivity index (χ1) is 11.0. The van der Waals surface area contributed by atoms with Crippen molar-refractivity contribution in [2.24, 2.45) is 0 Å². The normalized spacial score (nSPS) is 16.0. The minimum atomic E-state index is 0.00603. The summed E-state index contributed by atoms with van der Waals surface area (Å²) < 4.78 is 0. The summed E-state index contributed by atoms with van der Waals surface area (Å²) in [5, 5.41) is 0. The van der Waals surface area contributed by atoms with Crippen LogP contribution < -0.4 is 0 Å². The summed E-state index contributed by atoms with van der Waals surface area (Å²) in [6.45, 7) is 12.8. The molecule has 0 amide bonds. The van der Waals surface area contributed by atoms with Crippen molar-refractivity contribution in [2.45, 2.75) is 33.1 Å². The largest absolute Gasteiger partial charge is 0.0984 e. The van der Waals surface area contributed by atoms with Gasteiger partial charge in [0.25, 0.3) is 0 Å². The summed E-state index contributed by atoms with van der Waals surface area (Å²) in [6.07, 6.45) is 6.34. The molecule has 0 aromatic heterocycles. The van der Waals surface area contributed by atoms with Gasteiger partial charge in [-0.2, -0.15) is 0 Å². The van der Waals surface area contributed by atoms with Crippen LogP contribution in [0.4, 0.5) is 0 Å². The fourth-order valence-electron chi connectivity index (χ4n) is 3.53. The van der Waals surface area contributed by atoms with Crippen LogP contribution in [-0.2, 0) is 5.41 Å². The lowest BCUT2D eigenvalue weighted by Crippen LogP contribution is -2.16. The molecular formula is C23H24. The molecule has 0 spiro atoms. The summed E-state index contributed by atoms with van der Waals surface area (Å²) in [7, 11) is 0. The van der Waals surface area contributed by atoms with Gasteiger partial charge in [-0.15, -0.1) is 0 Å². The maximum absolute atomic E-state index is 4.04. The van der Waals surface area contributed by atoms with Gasteiger partial charge in [0, 0.05) is 5.41 Å². The maximum Gasteiger partial charge on any atom is 0.0158 e. The smallest absolute Gasteiger partial charge is 0.0158 e. The molecule has 0 N–H and O–H groups in total. The van der Waals surface area contributed by atoms with Crippen molar-refractivity contribution in [1.29, 1.82) is 0 Å². The molecule has 23 heavy (non-hydrogen) atoms. The Morgan fingerprint density at radius 3 is 2.22 bits per heavy atom. The van der Waals surface area contributed by atoms with Gasteiger partial charge in [0.15, 0.2) is 0 Å². The first-order valence-electron chi connectivity index (χ1n) is 8.21. The Morgan fingerprint density at radius 2 is 1.61 bits per heavy atom. The molecule has 3 rings (SSSR count). The van der Waals surface area contributed by atoms with Crippen molar-refractivity contribution < 1.29 is 0 Å². The van der Waals surface area contributed by atoms with Gasteiger partial charge in [0.2, 0.25) is 0 Å². The van der Waals surface area contributed by atoms with Crippen LogP contribution in [0.25, 0.3) is 16.7 Å². The lowest BCUT2D eigenvalue weighted by atomic mass is 9.80. The Bertz CT molecular complexity index is 812.